The van der Waals surface area contributed by atoms with Crippen LogP contribution in [0.15, 0.2) is 34.9 Å². The van der Waals surface area contributed by atoms with E-state index in [2.05, 4.69) is 30.6 Å². The van der Waals surface area contributed by atoms with E-state index >= 15 is 0 Å². The molecule has 1 saturated heterocycles. The number of aryl methyl sites for hydroxylation is 1. The van der Waals surface area contributed by atoms with Gasteiger partial charge in [0, 0.05) is 38.7 Å². The Kier molecular flexibility index (Phi) is 5.07. The van der Waals surface area contributed by atoms with Crippen LogP contribution in [0.5, 0.6) is 0 Å². The summed E-state index contributed by atoms with van der Waals surface area (Å²) in [7, 11) is 0. The number of anilines is 1. The molecule has 1 aliphatic rings. The van der Waals surface area contributed by atoms with Gasteiger partial charge in [-0.25, -0.2) is 4.79 Å². The summed E-state index contributed by atoms with van der Waals surface area (Å²) in [6.07, 6.45) is 0. The predicted molar refractivity (Wildman–Crippen MR) is 100 cm³/mol. The minimum absolute atomic E-state index is 0.152. The van der Waals surface area contributed by atoms with Crippen molar-refractivity contribution < 1.29 is 9.32 Å². The second-order valence-corrected chi connectivity index (χ2v) is 7.18. The maximum Gasteiger partial charge on any atom is 0.323 e. The van der Waals surface area contributed by atoms with Crippen LogP contribution in [-0.2, 0) is 6.54 Å². The van der Waals surface area contributed by atoms with Crippen molar-refractivity contribution in [2.24, 2.45) is 0 Å². The van der Waals surface area contributed by atoms with Gasteiger partial charge in [-0.1, -0.05) is 46.8 Å². The lowest BCUT2D eigenvalue weighted by molar-refractivity contribution is 0.140. The van der Waals surface area contributed by atoms with Crippen molar-refractivity contribution in [2.75, 3.05) is 31.5 Å². The Balaban J connectivity index is 1.29. The number of piperazine rings is 1. The van der Waals surface area contributed by atoms with Gasteiger partial charge in [0.2, 0.25) is 11.0 Å². The molecule has 0 atom stereocenters. The van der Waals surface area contributed by atoms with E-state index in [9.17, 15) is 4.79 Å². The molecule has 0 bridgehead atoms. The van der Waals surface area contributed by atoms with Crippen LogP contribution >= 0.6 is 11.3 Å². The SMILES string of the molecule is Cc1nc(CN2CCN(C(=O)Nc3nnc(-c4ccccc4)s3)CC2)no1. The molecule has 1 aliphatic heterocycles. The molecule has 0 radical (unpaired) electrons. The van der Waals surface area contributed by atoms with E-state index in [4.69, 9.17) is 4.52 Å². The number of nitrogens with one attached hydrogen (secondary N) is 1. The number of benzene rings is 1. The van der Waals surface area contributed by atoms with Gasteiger partial charge in [-0.3, -0.25) is 10.2 Å². The van der Waals surface area contributed by atoms with Crippen LogP contribution in [0.2, 0.25) is 0 Å². The Bertz CT molecular complexity index is 903. The first-order chi connectivity index (χ1) is 13.2. The predicted octanol–water partition coefficient (Wildman–Crippen LogP) is 2.25. The highest BCUT2D eigenvalue weighted by molar-refractivity contribution is 7.18. The Morgan fingerprint density at radius 3 is 2.67 bits per heavy atom. The number of hydrogen-bond acceptors (Lipinski definition) is 8. The Morgan fingerprint density at radius 2 is 1.96 bits per heavy atom. The molecule has 27 heavy (non-hydrogen) atoms. The summed E-state index contributed by atoms with van der Waals surface area (Å²) < 4.78 is 4.99. The van der Waals surface area contributed by atoms with Gasteiger partial charge in [0.25, 0.3) is 0 Å². The lowest BCUT2D eigenvalue weighted by atomic mass is 10.2. The third-order valence-corrected chi connectivity index (χ3v) is 5.14. The summed E-state index contributed by atoms with van der Waals surface area (Å²) >= 11 is 1.36. The highest BCUT2D eigenvalue weighted by atomic mass is 32.1. The van der Waals surface area contributed by atoms with Gasteiger partial charge in [0.05, 0.1) is 6.54 Å². The largest absolute Gasteiger partial charge is 0.340 e. The summed E-state index contributed by atoms with van der Waals surface area (Å²) in [6, 6.07) is 9.63. The monoisotopic (exact) mass is 385 g/mol. The maximum atomic E-state index is 12.5. The van der Waals surface area contributed by atoms with Crippen LogP contribution in [0, 0.1) is 6.92 Å². The summed E-state index contributed by atoms with van der Waals surface area (Å²) in [4.78, 5) is 20.7. The molecule has 1 N–H and O–H groups in total. The second-order valence-electron chi connectivity index (χ2n) is 6.20. The van der Waals surface area contributed by atoms with Crippen LogP contribution in [0.25, 0.3) is 10.6 Å². The molecular weight excluding hydrogens is 366 g/mol. The van der Waals surface area contributed by atoms with E-state index in [1.165, 1.54) is 11.3 Å². The molecule has 3 aromatic rings. The number of carbonyl (C=O) groups excluding carboxylic acids is 1. The number of amides is 2. The minimum atomic E-state index is -0.152. The minimum Gasteiger partial charge on any atom is -0.340 e. The van der Waals surface area contributed by atoms with Gasteiger partial charge in [0.1, 0.15) is 5.01 Å². The van der Waals surface area contributed by atoms with Crippen LogP contribution in [-0.4, -0.2) is 62.3 Å². The zero-order valence-corrected chi connectivity index (χ0v) is 15.6. The van der Waals surface area contributed by atoms with Gasteiger partial charge in [0.15, 0.2) is 5.82 Å². The summed E-state index contributed by atoms with van der Waals surface area (Å²) in [6.45, 7) is 5.18. The van der Waals surface area contributed by atoms with Crippen molar-refractivity contribution >= 4 is 22.5 Å². The fraction of sp³-hybridized carbons (Fsp3) is 0.353. The fourth-order valence-corrected chi connectivity index (χ4v) is 3.59. The molecule has 140 valence electrons. The number of rotatable bonds is 4. The summed E-state index contributed by atoms with van der Waals surface area (Å²) in [5.74, 6) is 1.24. The topological polar surface area (TPSA) is 100 Å². The van der Waals surface area contributed by atoms with Gasteiger partial charge < -0.3 is 9.42 Å². The van der Waals surface area contributed by atoms with E-state index in [0.717, 1.165) is 23.7 Å². The van der Waals surface area contributed by atoms with Crippen molar-refractivity contribution in [3.05, 3.63) is 42.0 Å². The number of nitrogens with zero attached hydrogens (tertiary/aromatic N) is 6. The number of hydrogen-bond donors (Lipinski definition) is 1. The van der Waals surface area contributed by atoms with E-state index in [0.29, 0.717) is 36.5 Å². The van der Waals surface area contributed by atoms with Crippen LogP contribution in [0.1, 0.15) is 11.7 Å². The average molecular weight is 385 g/mol. The van der Waals surface area contributed by atoms with Gasteiger partial charge >= 0.3 is 6.03 Å². The van der Waals surface area contributed by atoms with Gasteiger partial charge in [-0.15, -0.1) is 10.2 Å². The average Bonchev–Trinajstić information content (AvgIpc) is 3.32. The summed E-state index contributed by atoms with van der Waals surface area (Å²) in [5.41, 5.74) is 0.987. The molecule has 1 fully saturated rings. The normalized spacial score (nSPS) is 15.1. The maximum absolute atomic E-state index is 12.5. The third-order valence-electron chi connectivity index (χ3n) is 4.25. The first kappa shape index (κ1) is 17.6. The van der Waals surface area contributed by atoms with E-state index in [-0.39, 0.29) is 6.03 Å². The third kappa shape index (κ3) is 4.29. The van der Waals surface area contributed by atoms with Gasteiger partial charge in [-0.2, -0.15) is 4.98 Å². The molecule has 10 heteroatoms. The Morgan fingerprint density at radius 1 is 1.19 bits per heavy atom. The second kappa shape index (κ2) is 7.80. The molecule has 2 aromatic heterocycles. The standard InChI is InChI=1S/C17H19N7O2S/c1-12-18-14(22-26-12)11-23-7-9-24(10-8-23)17(25)19-16-21-20-15(27-16)13-5-3-2-4-6-13/h2-6H,7-11H2,1H3,(H,19,21,25). The highest BCUT2D eigenvalue weighted by Crippen LogP contribution is 2.26. The molecule has 9 nitrogen and oxygen atoms in total. The number of carbonyl (C=O) groups is 1. The molecular formula is C17H19N7O2S. The molecule has 0 spiro atoms. The Labute approximate surface area is 160 Å². The molecule has 2 amide bonds. The zero-order valence-electron chi connectivity index (χ0n) is 14.8. The lowest BCUT2D eigenvalue weighted by Gasteiger charge is -2.33. The molecule has 4 rings (SSSR count). The molecule has 0 aliphatic carbocycles. The van der Waals surface area contributed by atoms with Crippen LogP contribution in [0.3, 0.4) is 0 Å². The summed E-state index contributed by atoms with van der Waals surface area (Å²) in [5, 5.41) is 16.3. The molecule has 1 aromatic carbocycles. The van der Waals surface area contributed by atoms with Crippen molar-refractivity contribution in [1.82, 2.24) is 30.1 Å². The van der Waals surface area contributed by atoms with Crippen molar-refractivity contribution in [3.8, 4) is 10.6 Å². The van der Waals surface area contributed by atoms with Gasteiger partial charge in [-0.05, 0) is 0 Å². The van der Waals surface area contributed by atoms with E-state index < -0.39 is 0 Å². The smallest absolute Gasteiger partial charge is 0.323 e. The van der Waals surface area contributed by atoms with Crippen molar-refractivity contribution in [3.63, 3.8) is 0 Å². The molecule has 3 heterocycles. The Hall–Kier alpha value is -2.85. The van der Waals surface area contributed by atoms with E-state index in [1.807, 2.05) is 30.3 Å². The first-order valence-corrected chi connectivity index (χ1v) is 9.45. The molecule has 0 unspecified atom stereocenters. The highest BCUT2D eigenvalue weighted by Gasteiger charge is 2.23. The quantitative estimate of drug-likeness (QED) is 0.735. The lowest BCUT2D eigenvalue weighted by Crippen LogP contribution is -2.49. The fourth-order valence-electron chi connectivity index (χ4n) is 2.86. The van der Waals surface area contributed by atoms with E-state index in [1.54, 1.807) is 11.8 Å². The van der Waals surface area contributed by atoms with Crippen molar-refractivity contribution in [1.29, 1.82) is 0 Å². The van der Waals surface area contributed by atoms with Crippen molar-refractivity contribution in [2.45, 2.75) is 13.5 Å². The zero-order chi connectivity index (χ0) is 18.6. The number of urea groups is 1. The number of aromatic nitrogens is 4. The molecule has 0 saturated carbocycles. The van der Waals surface area contributed by atoms with Crippen LogP contribution in [0.4, 0.5) is 9.93 Å². The first-order valence-electron chi connectivity index (χ1n) is 8.64. The van der Waals surface area contributed by atoms with Crippen LogP contribution < -0.4 is 5.32 Å².